The van der Waals surface area contributed by atoms with Gasteiger partial charge < -0.3 is 5.32 Å². The number of allylic oxidation sites excluding steroid dienone is 1. The van der Waals surface area contributed by atoms with Gasteiger partial charge in [-0.15, -0.1) is 0 Å². The summed E-state index contributed by atoms with van der Waals surface area (Å²) in [5.74, 6) is 0. The minimum Gasteiger partial charge on any atom is -0.312 e. The van der Waals surface area contributed by atoms with E-state index in [1.54, 1.807) is 0 Å². The molecule has 2 nitrogen and oxygen atoms in total. The molecule has 1 aliphatic heterocycles. The van der Waals surface area contributed by atoms with Gasteiger partial charge in [-0.1, -0.05) is 12.2 Å². The van der Waals surface area contributed by atoms with Crippen molar-refractivity contribution < 1.29 is 0 Å². The van der Waals surface area contributed by atoms with Gasteiger partial charge in [0.25, 0.3) is 0 Å². The molecule has 64 valence electrons. The molecule has 1 rings (SSSR count). The number of hydrogen-bond donors (Lipinski definition) is 1. The van der Waals surface area contributed by atoms with Crippen molar-refractivity contribution in [2.75, 3.05) is 26.2 Å². The highest BCUT2D eigenvalue weighted by Crippen LogP contribution is 1.97. The van der Waals surface area contributed by atoms with Gasteiger partial charge in [-0.25, -0.2) is 0 Å². The van der Waals surface area contributed by atoms with Crippen LogP contribution >= 0.6 is 0 Å². The van der Waals surface area contributed by atoms with E-state index in [1.165, 1.54) is 13.1 Å². The smallest absolute Gasteiger partial charge is 0.0167 e. The first-order valence-corrected chi connectivity index (χ1v) is 4.40. The average molecular weight is 154 g/mol. The summed E-state index contributed by atoms with van der Waals surface area (Å²) in [5.41, 5.74) is 0. The molecule has 1 N–H and O–H groups in total. The summed E-state index contributed by atoms with van der Waals surface area (Å²) in [6.07, 6.45) is 4.34. The van der Waals surface area contributed by atoms with Gasteiger partial charge in [0.2, 0.25) is 0 Å². The van der Waals surface area contributed by atoms with Crippen molar-refractivity contribution in [2.45, 2.75) is 19.9 Å². The first-order chi connectivity index (χ1) is 5.33. The van der Waals surface area contributed by atoms with Crippen LogP contribution in [-0.4, -0.2) is 37.1 Å². The third-order valence-electron chi connectivity index (χ3n) is 2.05. The van der Waals surface area contributed by atoms with Crippen molar-refractivity contribution >= 4 is 0 Å². The van der Waals surface area contributed by atoms with E-state index >= 15 is 0 Å². The van der Waals surface area contributed by atoms with Crippen LogP contribution in [0.2, 0.25) is 0 Å². The van der Waals surface area contributed by atoms with E-state index in [1.807, 2.05) is 0 Å². The molecule has 0 aromatic rings. The Balaban J connectivity index is 2.22. The van der Waals surface area contributed by atoms with E-state index in [2.05, 4.69) is 36.2 Å². The number of rotatable bonds is 2. The molecule has 0 unspecified atom stereocenters. The lowest BCUT2D eigenvalue weighted by Crippen LogP contribution is -2.49. The average Bonchev–Trinajstić information content (AvgIpc) is 2.01. The number of hydrogen-bond acceptors (Lipinski definition) is 2. The molecule has 1 aliphatic rings. The number of nitrogens with zero attached hydrogens (tertiary/aromatic N) is 1. The van der Waals surface area contributed by atoms with Crippen molar-refractivity contribution in [3.63, 3.8) is 0 Å². The third kappa shape index (κ3) is 3.04. The molecule has 2 heteroatoms. The molecule has 1 fully saturated rings. The standard InChI is InChI=1S/C9H18N2/c1-3-4-6-11-7-5-10-9(2)8-11/h3-4,9-10H,5-8H2,1-2H3/b4-3+/t9-/m1/s1. The van der Waals surface area contributed by atoms with E-state index < -0.39 is 0 Å². The number of nitrogens with one attached hydrogen (secondary N) is 1. The van der Waals surface area contributed by atoms with Crippen LogP contribution in [0, 0.1) is 0 Å². The zero-order chi connectivity index (χ0) is 8.10. The molecule has 1 atom stereocenters. The van der Waals surface area contributed by atoms with Gasteiger partial charge in [0.15, 0.2) is 0 Å². The first kappa shape index (κ1) is 8.75. The number of piperazine rings is 1. The van der Waals surface area contributed by atoms with Crippen molar-refractivity contribution in [3.8, 4) is 0 Å². The normalized spacial score (nSPS) is 28.0. The maximum Gasteiger partial charge on any atom is 0.0167 e. The van der Waals surface area contributed by atoms with Crippen molar-refractivity contribution in [1.29, 1.82) is 0 Å². The topological polar surface area (TPSA) is 15.3 Å². The van der Waals surface area contributed by atoms with Crippen LogP contribution in [0.4, 0.5) is 0 Å². The Hall–Kier alpha value is -0.340. The highest BCUT2D eigenvalue weighted by molar-refractivity contribution is 4.84. The molecule has 0 aromatic carbocycles. The summed E-state index contributed by atoms with van der Waals surface area (Å²) >= 11 is 0. The molecule has 0 aliphatic carbocycles. The third-order valence-corrected chi connectivity index (χ3v) is 2.05. The van der Waals surface area contributed by atoms with E-state index in [0.29, 0.717) is 6.04 Å². The Morgan fingerprint density at radius 3 is 3.09 bits per heavy atom. The Kier molecular flexibility index (Phi) is 3.60. The van der Waals surface area contributed by atoms with Crippen molar-refractivity contribution in [1.82, 2.24) is 10.2 Å². The Morgan fingerprint density at radius 1 is 1.64 bits per heavy atom. The fraction of sp³-hybridized carbons (Fsp3) is 0.778. The molecule has 1 heterocycles. The second-order valence-corrected chi connectivity index (χ2v) is 3.18. The van der Waals surface area contributed by atoms with Crippen LogP contribution in [-0.2, 0) is 0 Å². The minimum atomic E-state index is 0.661. The van der Waals surface area contributed by atoms with Gasteiger partial charge in [0.1, 0.15) is 0 Å². The van der Waals surface area contributed by atoms with Crippen LogP contribution < -0.4 is 5.32 Å². The Labute approximate surface area is 69.3 Å². The zero-order valence-corrected chi connectivity index (χ0v) is 7.51. The summed E-state index contributed by atoms with van der Waals surface area (Å²) in [6.45, 7) is 8.94. The van der Waals surface area contributed by atoms with E-state index in [9.17, 15) is 0 Å². The maximum absolute atomic E-state index is 3.42. The Morgan fingerprint density at radius 2 is 2.45 bits per heavy atom. The molecule has 1 saturated heterocycles. The molecule has 0 bridgehead atoms. The lowest BCUT2D eigenvalue weighted by molar-refractivity contribution is 0.226. The Bertz CT molecular complexity index is 132. The predicted molar refractivity (Wildman–Crippen MR) is 48.7 cm³/mol. The van der Waals surface area contributed by atoms with Crippen LogP contribution in [0.5, 0.6) is 0 Å². The summed E-state index contributed by atoms with van der Waals surface area (Å²) in [6, 6.07) is 0.661. The summed E-state index contributed by atoms with van der Waals surface area (Å²) in [7, 11) is 0. The minimum absolute atomic E-state index is 0.661. The van der Waals surface area contributed by atoms with Gasteiger partial charge in [-0.2, -0.15) is 0 Å². The van der Waals surface area contributed by atoms with Gasteiger partial charge in [0, 0.05) is 32.2 Å². The van der Waals surface area contributed by atoms with Crippen LogP contribution in [0.1, 0.15) is 13.8 Å². The second-order valence-electron chi connectivity index (χ2n) is 3.18. The van der Waals surface area contributed by atoms with E-state index in [-0.39, 0.29) is 0 Å². The monoisotopic (exact) mass is 154 g/mol. The molecular formula is C9H18N2. The predicted octanol–water partition coefficient (Wildman–Crippen LogP) is 0.856. The molecule has 0 spiro atoms. The quantitative estimate of drug-likeness (QED) is 0.593. The highest BCUT2D eigenvalue weighted by Gasteiger charge is 2.13. The van der Waals surface area contributed by atoms with Gasteiger partial charge >= 0.3 is 0 Å². The maximum atomic E-state index is 3.42. The van der Waals surface area contributed by atoms with Crippen molar-refractivity contribution in [3.05, 3.63) is 12.2 Å². The molecule has 0 radical (unpaired) electrons. The van der Waals surface area contributed by atoms with Gasteiger partial charge in [-0.05, 0) is 13.8 Å². The summed E-state index contributed by atoms with van der Waals surface area (Å²) in [5, 5.41) is 3.42. The summed E-state index contributed by atoms with van der Waals surface area (Å²) in [4.78, 5) is 2.47. The lowest BCUT2D eigenvalue weighted by Gasteiger charge is -2.30. The fourth-order valence-corrected chi connectivity index (χ4v) is 1.43. The first-order valence-electron chi connectivity index (χ1n) is 4.40. The second kappa shape index (κ2) is 4.52. The summed E-state index contributed by atoms with van der Waals surface area (Å²) < 4.78 is 0. The molecule has 0 aromatic heterocycles. The fourth-order valence-electron chi connectivity index (χ4n) is 1.43. The zero-order valence-electron chi connectivity index (χ0n) is 7.51. The van der Waals surface area contributed by atoms with Crippen LogP contribution in [0.3, 0.4) is 0 Å². The molecular weight excluding hydrogens is 136 g/mol. The SMILES string of the molecule is C/C=C/CN1CCN[C@H](C)C1. The highest BCUT2D eigenvalue weighted by atomic mass is 15.2. The lowest BCUT2D eigenvalue weighted by atomic mass is 10.2. The van der Waals surface area contributed by atoms with Crippen molar-refractivity contribution in [2.24, 2.45) is 0 Å². The van der Waals surface area contributed by atoms with Crippen LogP contribution in [0.15, 0.2) is 12.2 Å². The van der Waals surface area contributed by atoms with Gasteiger partial charge in [-0.3, -0.25) is 4.90 Å². The molecule has 0 saturated carbocycles. The molecule has 0 amide bonds. The van der Waals surface area contributed by atoms with E-state index in [4.69, 9.17) is 0 Å². The van der Waals surface area contributed by atoms with Gasteiger partial charge in [0.05, 0.1) is 0 Å². The van der Waals surface area contributed by atoms with E-state index in [0.717, 1.165) is 13.1 Å². The van der Waals surface area contributed by atoms with Crippen LogP contribution in [0.25, 0.3) is 0 Å². The largest absolute Gasteiger partial charge is 0.312 e. The molecule has 11 heavy (non-hydrogen) atoms.